The molecule has 0 atom stereocenters. The molecule has 0 saturated carbocycles. The summed E-state index contributed by atoms with van der Waals surface area (Å²) in [5.41, 5.74) is 2.07. The van der Waals surface area contributed by atoms with Crippen LogP contribution in [0.2, 0.25) is 0 Å². The minimum absolute atomic E-state index is 0.406. The van der Waals surface area contributed by atoms with Crippen LogP contribution in [0.4, 0.5) is 4.79 Å². The Morgan fingerprint density at radius 1 is 1.28 bits per heavy atom. The Morgan fingerprint density at radius 2 is 2.04 bits per heavy atom. The topological polar surface area (TPSA) is 58.3 Å². The summed E-state index contributed by atoms with van der Waals surface area (Å²) in [6.07, 6.45) is 4.99. The standard InChI is InChI=1S/C19H23N3O3/c1-6-21-12-20-10-17(21)15-11-22(18(23)25-19(2,3)4)16-8-7-13(24-5)9-14(15)16/h7-12H,6H2,1-5H3/i5-1. The number of nitrogens with zero attached hydrogens (tertiary/aromatic N) is 3. The van der Waals surface area contributed by atoms with Crippen molar-refractivity contribution in [1.82, 2.24) is 14.1 Å². The number of carbonyl (C=O) groups excluding carboxylic acids is 1. The third kappa shape index (κ3) is 3.24. The van der Waals surface area contributed by atoms with Crippen LogP contribution in [0.1, 0.15) is 27.7 Å². The summed E-state index contributed by atoms with van der Waals surface area (Å²) < 4.78 is 14.5. The predicted molar refractivity (Wildman–Crippen MR) is 97.0 cm³/mol. The Hall–Kier alpha value is -2.76. The fraction of sp³-hybridized carbons (Fsp3) is 0.368. The van der Waals surface area contributed by atoms with Crippen LogP contribution in [0.5, 0.6) is 5.75 Å². The van der Waals surface area contributed by atoms with Gasteiger partial charge in [-0.1, -0.05) is 0 Å². The van der Waals surface area contributed by atoms with Gasteiger partial charge in [0.25, 0.3) is 0 Å². The van der Waals surface area contributed by atoms with Crippen LogP contribution in [0.25, 0.3) is 22.2 Å². The van der Waals surface area contributed by atoms with Gasteiger partial charge in [-0.2, -0.15) is 0 Å². The van der Waals surface area contributed by atoms with Crippen molar-refractivity contribution in [3.8, 4) is 17.0 Å². The number of methoxy groups -OCH3 is 1. The van der Waals surface area contributed by atoms with E-state index in [4.69, 9.17) is 9.47 Å². The van der Waals surface area contributed by atoms with Crippen LogP contribution in [-0.2, 0) is 11.3 Å². The molecule has 0 aliphatic heterocycles. The Kier molecular flexibility index (Phi) is 4.29. The van der Waals surface area contributed by atoms with Gasteiger partial charge in [0.15, 0.2) is 0 Å². The molecule has 0 fully saturated rings. The average molecular weight is 340 g/mol. The Bertz CT molecular complexity index is 916. The molecule has 0 spiro atoms. The maximum Gasteiger partial charge on any atom is 0.419 e. The van der Waals surface area contributed by atoms with Crippen molar-refractivity contribution in [2.45, 2.75) is 39.8 Å². The third-order valence-electron chi connectivity index (χ3n) is 3.93. The minimum Gasteiger partial charge on any atom is -0.497 e. The Labute approximate surface area is 147 Å². The van der Waals surface area contributed by atoms with Crippen molar-refractivity contribution in [2.24, 2.45) is 0 Å². The largest absolute Gasteiger partial charge is 0.497 e. The number of ether oxygens (including phenoxy) is 2. The molecule has 1 aromatic carbocycles. The molecule has 0 unspecified atom stereocenters. The molecule has 0 amide bonds. The van der Waals surface area contributed by atoms with E-state index in [-0.39, 0.29) is 0 Å². The van der Waals surface area contributed by atoms with Gasteiger partial charge in [0, 0.05) is 23.7 Å². The Morgan fingerprint density at radius 3 is 2.68 bits per heavy atom. The molecule has 132 valence electrons. The van der Waals surface area contributed by atoms with E-state index in [1.54, 1.807) is 30.4 Å². The second-order valence-corrected chi connectivity index (χ2v) is 6.84. The monoisotopic (exact) mass is 340 g/mol. The molecule has 0 radical (unpaired) electrons. The van der Waals surface area contributed by atoms with Gasteiger partial charge < -0.3 is 14.0 Å². The quantitative estimate of drug-likeness (QED) is 0.712. The number of aromatic nitrogens is 3. The van der Waals surface area contributed by atoms with E-state index in [9.17, 15) is 4.79 Å². The van der Waals surface area contributed by atoms with Crippen LogP contribution >= 0.6 is 0 Å². The molecule has 6 nitrogen and oxygen atoms in total. The second kappa shape index (κ2) is 6.27. The SMILES string of the molecule is CCn1cncc1-c1cn(C(=O)OC(C)(C)C)c2ccc(O[11CH3])cc12. The van der Waals surface area contributed by atoms with E-state index in [0.717, 1.165) is 34.5 Å². The van der Waals surface area contributed by atoms with E-state index in [0.29, 0.717) is 0 Å². The van der Waals surface area contributed by atoms with Gasteiger partial charge in [-0.05, 0) is 45.9 Å². The lowest BCUT2D eigenvalue weighted by molar-refractivity contribution is 0.0544. The van der Waals surface area contributed by atoms with Gasteiger partial charge in [-0.25, -0.2) is 9.78 Å². The molecule has 6 heteroatoms. The zero-order chi connectivity index (χ0) is 18.2. The van der Waals surface area contributed by atoms with Crippen molar-refractivity contribution in [1.29, 1.82) is 0 Å². The molecular formula is C19H23N3O3. The minimum atomic E-state index is -0.564. The normalized spacial score (nSPS) is 11.7. The first-order valence-corrected chi connectivity index (χ1v) is 8.27. The van der Waals surface area contributed by atoms with E-state index in [2.05, 4.69) is 11.9 Å². The summed E-state index contributed by atoms with van der Waals surface area (Å²) in [6.45, 7) is 8.41. The second-order valence-electron chi connectivity index (χ2n) is 6.84. The highest BCUT2D eigenvalue weighted by Crippen LogP contribution is 2.33. The van der Waals surface area contributed by atoms with Gasteiger partial charge in [0.1, 0.15) is 11.4 Å². The van der Waals surface area contributed by atoms with E-state index in [1.807, 2.05) is 43.5 Å². The first-order valence-electron chi connectivity index (χ1n) is 8.27. The highest BCUT2D eigenvalue weighted by Gasteiger charge is 2.22. The number of imidazole rings is 1. The van der Waals surface area contributed by atoms with Crippen LogP contribution in [0, 0.1) is 0 Å². The van der Waals surface area contributed by atoms with Crippen LogP contribution in [0.15, 0.2) is 36.9 Å². The molecule has 0 bridgehead atoms. The smallest absolute Gasteiger partial charge is 0.419 e. The summed E-state index contributed by atoms with van der Waals surface area (Å²) in [4.78, 5) is 16.9. The van der Waals surface area contributed by atoms with Gasteiger partial charge in [-0.15, -0.1) is 0 Å². The first-order chi connectivity index (χ1) is 11.8. The van der Waals surface area contributed by atoms with Crippen LogP contribution in [0.3, 0.4) is 0 Å². The molecule has 3 rings (SSSR count). The summed E-state index contributed by atoms with van der Waals surface area (Å²) in [6, 6.07) is 5.64. The summed E-state index contributed by atoms with van der Waals surface area (Å²) >= 11 is 0. The first kappa shape index (κ1) is 17.1. The van der Waals surface area contributed by atoms with Crippen molar-refractivity contribution in [3.63, 3.8) is 0 Å². The predicted octanol–water partition coefficient (Wildman–Crippen LogP) is 4.32. The maximum atomic E-state index is 12.7. The van der Waals surface area contributed by atoms with E-state index >= 15 is 0 Å². The summed E-state index contributed by atoms with van der Waals surface area (Å²) in [5, 5.41) is 0.917. The van der Waals surface area contributed by atoms with Crippen molar-refractivity contribution in [2.75, 3.05) is 7.11 Å². The zero-order valence-electron chi connectivity index (χ0n) is 15.2. The van der Waals surface area contributed by atoms with Gasteiger partial charge in [0.05, 0.1) is 30.8 Å². The highest BCUT2D eigenvalue weighted by atomic mass is 16.6. The molecule has 0 aliphatic carbocycles. The molecule has 2 heterocycles. The highest BCUT2D eigenvalue weighted by molar-refractivity contribution is 6.00. The maximum absolute atomic E-state index is 12.7. The molecular weight excluding hydrogens is 317 g/mol. The number of carbonyl (C=O) groups is 1. The molecule has 25 heavy (non-hydrogen) atoms. The van der Waals surface area contributed by atoms with Gasteiger partial charge in [-0.3, -0.25) is 4.57 Å². The van der Waals surface area contributed by atoms with E-state index in [1.165, 1.54) is 0 Å². The zero-order valence-corrected chi connectivity index (χ0v) is 15.2. The number of hydrogen-bond donors (Lipinski definition) is 0. The fourth-order valence-corrected chi connectivity index (χ4v) is 2.80. The van der Waals surface area contributed by atoms with E-state index < -0.39 is 11.7 Å². The van der Waals surface area contributed by atoms with Crippen LogP contribution < -0.4 is 4.74 Å². The lowest BCUT2D eigenvalue weighted by atomic mass is 10.1. The number of aryl methyl sites for hydroxylation is 1. The molecule has 0 saturated heterocycles. The molecule has 2 aromatic heterocycles. The average Bonchev–Trinajstić information content (AvgIpc) is 3.16. The summed E-state index contributed by atoms with van der Waals surface area (Å²) in [5.74, 6) is 0.734. The van der Waals surface area contributed by atoms with Crippen molar-refractivity contribution < 1.29 is 14.3 Å². The van der Waals surface area contributed by atoms with Gasteiger partial charge >= 0.3 is 6.09 Å². The number of rotatable bonds is 3. The number of benzene rings is 1. The molecule has 3 aromatic rings. The summed E-state index contributed by atoms with van der Waals surface area (Å²) in [7, 11) is 1.63. The van der Waals surface area contributed by atoms with Crippen molar-refractivity contribution >= 4 is 17.0 Å². The molecule has 0 N–H and O–H groups in total. The number of fused-ring (bicyclic) bond motifs is 1. The number of hydrogen-bond acceptors (Lipinski definition) is 4. The lowest BCUT2D eigenvalue weighted by Crippen LogP contribution is -2.26. The fourth-order valence-electron chi connectivity index (χ4n) is 2.80. The van der Waals surface area contributed by atoms with Gasteiger partial charge in [0.2, 0.25) is 0 Å². The van der Waals surface area contributed by atoms with Crippen molar-refractivity contribution in [3.05, 3.63) is 36.9 Å². The lowest BCUT2D eigenvalue weighted by Gasteiger charge is -2.19. The van der Waals surface area contributed by atoms with Crippen LogP contribution in [-0.4, -0.2) is 32.9 Å². The third-order valence-corrected chi connectivity index (χ3v) is 3.93. The molecule has 0 aliphatic rings. The Balaban J connectivity index is 2.21.